The van der Waals surface area contributed by atoms with Crippen LogP contribution in [0.1, 0.15) is 113 Å². The zero-order valence-corrected chi connectivity index (χ0v) is 29.1. The predicted molar refractivity (Wildman–Crippen MR) is 168 cm³/mol. The fourth-order valence-electron chi connectivity index (χ4n) is 12.9. The van der Waals surface area contributed by atoms with Gasteiger partial charge in [-0.15, -0.1) is 0 Å². The molecule has 13 unspecified atom stereocenters. The Labute approximate surface area is 265 Å². The zero-order valence-electron chi connectivity index (χ0n) is 29.1. The van der Waals surface area contributed by atoms with Crippen molar-refractivity contribution in [3.05, 3.63) is 11.6 Å². The van der Waals surface area contributed by atoms with Gasteiger partial charge < -0.3 is 29.2 Å². The molecule has 13 atom stereocenters. The lowest BCUT2D eigenvalue weighted by Gasteiger charge is -2.68. The monoisotopic (exact) mass is 616 g/mol. The summed E-state index contributed by atoms with van der Waals surface area (Å²) >= 11 is 0. The van der Waals surface area contributed by atoms with Gasteiger partial charge in [0.25, 0.3) is 0 Å². The van der Waals surface area contributed by atoms with Crippen LogP contribution in [0.2, 0.25) is 0 Å². The van der Waals surface area contributed by atoms with Crippen LogP contribution in [0.5, 0.6) is 0 Å². The molecule has 1 aliphatic heterocycles. The molecule has 0 aromatic carbocycles. The van der Waals surface area contributed by atoms with Crippen LogP contribution in [-0.2, 0) is 23.7 Å². The number of carbonyl (C=O) groups is 1. The fraction of sp³-hybridized carbons (Fsp3) is 0.919. The molecule has 250 valence electrons. The average Bonchev–Trinajstić information content (AvgIpc) is 3.27. The van der Waals surface area contributed by atoms with Crippen molar-refractivity contribution >= 4 is 5.97 Å². The molecule has 7 heteroatoms. The van der Waals surface area contributed by atoms with Gasteiger partial charge in [0.1, 0.15) is 12.2 Å². The van der Waals surface area contributed by atoms with E-state index in [0.29, 0.717) is 11.8 Å². The Morgan fingerprint density at radius 1 is 1.00 bits per heavy atom. The molecule has 1 saturated heterocycles. The Balaban J connectivity index is 1.26. The van der Waals surface area contributed by atoms with Crippen molar-refractivity contribution in [3.63, 3.8) is 0 Å². The van der Waals surface area contributed by atoms with Crippen molar-refractivity contribution in [2.24, 2.45) is 50.7 Å². The van der Waals surface area contributed by atoms with Gasteiger partial charge in [0.2, 0.25) is 0 Å². The standard InChI is InChI=1S/C37H60O7/c1-21(2)17-29(39)44-28-13-14-34(7)25-12-15-36-20-37(36,35(25,8)27(38)19-26(34)32(28,3)4)16-11-23(36)22-18-24(43-31(22)41-9)30(40)33(5,6)42-10/h17,22-28,30-31,38,40H,11-16,18-20H2,1-10H3. The first-order chi connectivity index (χ1) is 20.4. The number of fused-ring (bicyclic) bond motifs is 3. The summed E-state index contributed by atoms with van der Waals surface area (Å²) < 4.78 is 24.1. The zero-order chi connectivity index (χ0) is 32.3. The van der Waals surface area contributed by atoms with E-state index in [1.807, 2.05) is 27.7 Å². The van der Waals surface area contributed by atoms with Crippen LogP contribution in [0.4, 0.5) is 0 Å². The van der Waals surface area contributed by atoms with E-state index in [2.05, 4.69) is 27.7 Å². The van der Waals surface area contributed by atoms with Crippen molar-refractivity contribution in [2.75, 3.05) is 14.2 Å². The number of carbonyl (C=O) groups excluding carboxylic acids is 1. The SMILES string of the molecule is COC1OC(C(O)C(C)(C)OC)CC1C1CCC23CC12CCC1C2(C)CCC(OC(=O)C=C(C)C)C(C)(C)C2CC(O)C13C. The molecule has 0 radical (unpaired) electrons. The van der Waals surface area contributed by atoms with Crippen molar-refractivity contribution in [1.29, 1.82) is 0 Å². The first-order valence-corrected chi connectivity index (χ1v) is 17.4. The molecule has 6 aliphatic rings. The van der Waals surface area contributed by atoms with E-state index in [4.69, 9.17) is 18.9 Å². The summed E-state index contributed by atoms with van der Waals surface area (Å²) in [5.74, 6) is 1.17. The maximum Gasteiger partial charge on any atom is 0.330 e. The highest BCUT2D eigenvalue weighted by atomic mass is 16.7. The third-order valence-electron chi connectivity index (χ3n) is 15.3. The first-order valence-electron chi connectivity index (χ1n) is 17.4. The number of aliphatic hydroxyl groups is 2. The number of aliphatic hydroxyl groups excluding tert-OH is 2. The molecule has 44 heavy (non-hydrogen) atoms. The van der Waals surface area contributed by atoms with Gasteiger partial charge in [0.05, 0.1) is 17.8 Å². The van der Waals surface area contributed by atoms with E-state index in [0.717, 1.165) is 50.5 Å². The fourth-order valence-corrected chi connectivity index (χ4v) is 12.9. The quantitative estimate of drug-likeness (QED) is 0.251. The number of hydrogen-bond acceptors (Lipinski definition) is 7. The highest BCUT2D eigenvalue weighted by Crippen LogP contribution is 2.91. The largest absolute Gasteiger partial charge is 0.459 e. The van der Waals surface area contributed by atoms with Crippen LogP contribution in [0.25, 0.3) is 0 Å². The number of methoxy groups -OCH3 is 2. The lowest BCUT2D eigenvalue weighted by atomic mass is 9.37. The van der Waals surface area contributed by atoms with Gasteiger partial charge in [-0.05, 0) is 119 Å². The molecule has 7 nitrogen and oxygen atoms in total. The maximum absolute atomic E-state index is 12.7. The molecule has 0 bridgehead atoms. The molecule has 0 spiro atoms. The van der Waals surface area contributed by atoms with E-state index < -0.39 is 11.7 Å². The Bertz CT molecular complexity index is 1170. The molecule has 5 aliphatic carbocycles. The minimum absolute atomic E-state index is 0.0883. The summed E-state index contributed by atoms with van der Waals surface area (Å²) in [5, 5.41) is 23.5. The van der Waals surface area contributed by atoms with Crippen LogP contribution in [0.15, 0.2) is 11.6 Å². The van der Waals surface area contributed by atoms with Crippen molar-refractivity contribution in [2.45, 2.75) is 149 Å². The predicted octanol–water partition coefficient (Wildman–Crippen LogP) is 6.44. The maximum atomic E-state index is 12.7. The number of allylic oxidation sites excluding steroid dienone is 1. The Kier molecular flexibility index (Phi) is 7.86. The second kappa shape index (κ2) is 10.5. The molecule has 0 amide bonds. The molecule has 5 saturated carbocycles. The van der Waals surface area contributed by atoms with Crippen LogP contribution >= 0.6 is 0 Å². The minimum atomic E-state index is -0.733. The third kappa shape index (κ3) is 4.27. The van der Waals surface area contributed by atoms with Gasteiger partial charge in [-0.1, -0.05) is 33.3 Å². The lowest BCUT2D eigenvalue weighted by molar-refractivity contribution is -0.245. The highest BCUT2D eigenvalue weighted by molar-refractivity contribution is 5.82. The molecule has 1 heterocycles. The van der Waals surface area contributed by atoms with E-state index in [-0.39, 0.29) is 69.5 Å². The minimum Gasteiger partial charge on any atom is -0.459 e. The molecular formula is C37H60O7. The second-order valence-corrected chi connectivity index (χ2v) is 17.7. The van der Waals surface area contributed by atoms with E-state index in [1.54, 1.807) is 20.3 Å². The van der Waals surface area contributed by atoms with Gasteiger partial charge in [-0.2, -0.15) is 0 Å². The third-order valence-corrected chi connectivity index (χ3v) is 15.3. The van der Waals surface area contributed by atoms with Crippen LogP contribution in [-0.4, -0.2) is 66.7 Å². The lowest BCUT2D eigenvalue weighted by Crippen LogP contribution is -2.66. The van der Waals surface area contributed by atoms with E-state index >= 15 is 0 Å². The van der Waals surface area contributed by atoms with Crippen LogP contribution in [0, 0.1) is 50.7 Å². The normalized spacial score (nSPS) is 49.6. The summed E-state index contributed by atoms with van der Waals surface area (Å²) in [6.45, 7) is 17.2. The van der Waals surface area contributed by atoms with E-state index in [1.165, 1.54) is 12.8 Å². The van der Waals surface area contributed by atoms with Gasteiger partial charge in [-0.3, -0.25) is 0 Å². The van der Waals surface area contributed by atoms with Crippen molar-refractivity contribution in [3.8, 4) is 0 Å². The topological polar surface area (TPSA) is 94.5 Å². The molecule has 0 aromatic heterocycles. The second-order valence-electron chi connectivity index (χ2n) is 17.7. The highest BCUT2D eigenvalue weighted by Gasteiger charge is 2.86. The molecule has 0 aromatic rings. The molecule has 2 N–H and O–H groups in total. The Morgan fingerprint density at radius 3 is 2.34 bits per heavy atom. The van der Waals surface area contributed by atoms with Gasteiger partial charge in [0, 0.05) is 37.0 Å². The van der Waals surface area contributed by atoms with Crippen LogP contribution in [0.3, 0.4) is 0 Å². The van der Waals surface area contributed by atoms with Gasteiger partial charge >= 0.3 is 5.97 Å². The Morgan fingerprint density at radius 2 is 1.70 bits per heavy atom. The summed E-state index contributed by atoms with van der Waals surface area (Å²) in [4.78, 5) is 12.7. The summed E-state index contributed by atoms with van der Waals surface area (Å²) in [5.41, 5.74) is 0.322. The average molecular weight is 617 g/mol. The van der Waals surface area contributed by atoms with E-state index in [9.17, 15) is 15.0 Å². The van der Waals surface area contributed by atoms with Crippen molar-refractivity contribution in [1.82, 2.24) is 0 Å². The smallest absolute Gasteiger partial charge is 0.330 e. The number of esters is 1. The number of rotatable bonds is 7. The summed E-state index contributed by atoms with van der Waals surface area (Å²) in [7, 11) is 3.38. The van der Waals surface area contributed by atoms with Crippen LogP contribution < -0.4 is 0 Å². The van der Waals surface area contributed by atoms with Gasteiger partial charge in [0.15, 0.2) is 6.29 Å². The molecule has 6 fully saturated rings. The number of hydrogen-bond donors (Lipinski definition) is 2. The van der Waals surface area contributed by atoms with Crippen molar-refractivity contribution < 1.29 is 34.0 Å². The van der Waals surface area contributed by atoms with Gasteiger partial charge in [-0.25, -0.2) is 4.79 Å². The molecular weight excluding hydrogens is 556 g/mol. The first kappa shape index (κ1) is 32.9. The summed E-state index contributed by atoms with van der Waals surface area (Å²) in [6, 6.07) is 0. The Hall–Kier alpha value is -0.990. The summed E-state index contributed by atoms with van der Waals surface area (Å²) in [6.07, 6.45) is 8.94. The number of ether oxygens (including phenoxy) is 4. The molecule has 6 rings (SSSR count).